The van der Waals surface area contributed by atoms with Crippen LogP contribution in [0.4, 0.5) is 0 Å². The quantitative estimate of drug-likeness (QED) is 0.675. The van der Waals surface area contributed by atoms with Crippen LogP contribution in [0.25, 0.3) is 0 Å². The first kappa shape index (κ1) is 24.4. The molecule has 1 atom stereocenters. The fraction of sp³-hybridized carbons (Fsp3) is 0.462. The van der Waals surface area contributed by atoms with E-state index in [1.807, 2.05) is 77.9 Å². The van der Waals surface area contributed by atoms with Gasteiger partial charge in [-0.15, -0.1) is 0 Å². The predicted molar refractivity (Wildman–Crippen MR) is 125 cm³/mol. The molecule has 0 spiro atoms. The van der Waals surface area contributed by atoms with E-state index in [-0.39, 0.29) is 23.8 Å². The van der Waals surface area contributed by atoms with Crippen LogP contribution in [0, 0.1) is 13.8 Å². The standard InChI is InChI=1S/C26H36N2O3/c1-8-23(25(30)27-26(4,5)6)28(17-20-9-11-22(31-7)12-10-20)24(29)16-21-14-18(2)13-19(3)15-21/h9-15,23H,8,16-17H2,1-7H3,(H,27,30)/t23-/m0/s1. The van der Waals surface area contributed by atoms with E-state index in [4.69, 9.17) is 4.74 Å². The first-order chi connectivity index (χ1) is 14.5. The Labute approximate surface area is 186 Å². The molecule has 5 heteroatoms. The lowest BCUT2D eigenvalue weighted by atomic mass is 10.0. The number of methoxy groups -OCH3 is 1. The van der Waals surface area contributed by atoms with E-state index in [2.05, 4.69) is 11.4 Å². The summed E-state index contributed by atoms with van der Waals surface area (Å²) in [6.07, 6.45) is 0.800. The average Bonchev–Trinajstić information content (AvgIpc) is 2.66. The van der Waals surface area contributed by atoms with Crippen molar-refractivity contribution in [1.82, 2.24) is 10.2 Å². The molecule has 0 heterocycles. The summed E-state index contributed by atoms with van der Waals surface area (Å²) >= 11 is 0. The molecule has 0 aliphatic rings. The number of benzene rings is 2. The van der Waals surface area contributed by atoms with Crippen LogP contribution in [-0.4, -0.2) is 35.4 Å². The van der Waals surface area contributed by atoms with Crippen molar-refractivity contribution in [2.24, 2.45) is 0 Å². The van der Waals surface area contributed by atoms with Gasteiger partial charge in [-0.3, -0.25) is 9.59 Å². The number of nitrogens with one attached hydrogen (secondary N) is 1. The summed E-state index contributed by atoms with van der Waals surface area (Å²) in [5, 5.41) is 3.04. The van der Waals surface area contributed by atoms with Crippen molar-refractivity contribution in [2.75, 3.05) is 7.11 Å². The molecule has 0 bridgehead atoms. The van der Waals surface area contributed by atoms with Gasteiger partial charge < -0.3 is 15.0 Å². The molecule has 0 radical (unpaired) electrons. The summed E-state index contributed by atoms with van der Waals surface area (Å²) in [7, 11) is 1.62. The molecule has 0 aliphatic carbocycles. The van der Waals surface area contributed by atoms with E-state index >= 15 is 0 Å². The van der Waals surface area contributed by atoms with Crippen molar-refractivity contribution >= 4 is 11.8 Å². The Morgan fingerprint density at radius 1 is 1.00 bits per heavy atom. The zero-order chi connectivity index (χ0) is 23.2. The summed E-state index contributed by atoms with van der Waals surface area (Å²) in [6, 6.07) is 13.2. The van der Waals surface area contributed by atoms with Crippen LogP contribution >= 0.6 is 0 Å². The van der Waals surface area contributed by atoms with Crippen LogP contribution in [0.2, 0.25) is 0 Å². The topological polar surface area (TPSA) is 58.6 Å². The maximum atomic E-state index is 13.5. The van der Waals surface area contributed by atoms with Gasteiger partial charge in [0.2, 0.25) is 11.8 Å². The highest BCUT2D eigenvalue weighted by atomic mass is 16.5. The van der Waals surface area contributed by atoms with Crippen LogP contribution in [0.1, 0.15) is 56.4 Å². The van der Waals surface area contributed by atoms with E-state index in [0.717, 1.165) is 28.0 Å². The van der Waals surface area contributed by atoms with Crippen molar-refractivity contribution < 1.29 is 14.3 Å². The molecule has 2 amide bonds. The molecular weight excluding hydrogens is 388 g/mol. The van der Waals surface area contributed by atoms with Crippen LogP contribution < -0.4 is 10.1 Å². The fourth-order valence-corrected chi connectivity index (χ4v) is 3.75. The molecular formula is C26H36N2O3. The molecule has 2 aromatic rings. The largest absolute Gasteiger partial charge is 0.497 e. The van der Waals surface area contributed by atoms with Crippen LogP contribution in [0.5, 0.6) is 5.75 Å². The first-order valence-electron chi connectivity index (χ1n) is 10.8. The molecule has 0 saturated heterocycles. The second kappa shape index (κ2) is 10.5. The fourth-order valence-electron chi connectivity index (χ4n) is 3.75. The summed E-state index contributed by atoms with van der Waals surface area (Å²) in [5.74, 6) is 0.573. The predicted octanol–water partition coefficient (Wildman–Crippen LogP) is 4.58. The highest BCUT2D eigenvalue weighted by molar-refractivity contribution is 5.88. The molecule has 0 fully saturated rings. The number of carbonyl (C=O) groups excluding carboxylic acids is 2. The molecule has 0 aliphatic heterocycles. The van der Waals surface area contributed by atoms with Gasteiger partial charge >= 0.3 is 0 Å². The van der Waals surface area contributed by atoms with Crippen molar-refractivity contribution in [1.29, 1.82) is 0 Å². The van der Waals surface area contributed by atoms with Gasteiger partial charge in [-0.1, -0.05) is 48.4 Å². The molecule has 2 rings (SSSR count). The zero-order valence-electron chi connectivity index (χ0n) is 19.9. The Morgan fingerprint density at radius 3 is 2.06 bits per heavy atom. The SMILES string of the molecule is CC[C@@H](C(=O)NC(C)(C)C)N(Cc1ccc(OC)cc1)C(=O)Cc1cc(C)cc(C)c1. The Morgan fingerprint density at radius 2 is 1.58 bits per heavy atom. The van der Waals surface area contributed by atoms with Gasteiger partial charge in [-0.25, -0.2) is 0 Å². The third kappa shape index (κ3) is 7.42. The number of hydrogen-bond donors (Lipinski definition) is 1. The average molecular weight is 425 g/mol. The van der Waals surface area contributed by atoms with E-state index < -0.39 is 6.04 Å². The third-order valence-electron chi connectivity index (χ3n) is 5.03. The molecule has 31 heavy (non-hydrogen) atoms. The highest BCUT2D eigenvalue weighted by Gasteiger charge is 2.30. The second-order valence-electron chi connectivity index (χ2n) is 9.21. The molecule has 0 saturated carbocycles. The number of hydrogen-bond acceptors (Lipinski definition) is 3. The summed E-state index contributed by atoms with van der Waals surface area (Å²) in [5.41, 5.74) is 3.81. The van der Waals surface area contributed by atoms with Crippen molar-refractivity contribution in [3.05, 3.63) is 64.7 Å². The molecule has 1 N–H and O–H groups in total. The summed E-state index contributed by atoms with van der Waals surface area (Å²) in [4.78, 5) is 28.2. The van der Waals surface area contributed by atoms with Crippen molar-refractivity contribution in [3.8, 4) is 5.75 Å². The minimum atomic E-state index is -0.542. The Bertz CT molecular complexity index is 878. The van der Waals surface area contributed by atoms with Crippen molar-refractivity contribution in [3.63, 3.8) is 0 Å². The number of amides is 2. The molecule has 0 aromatic heterocycles. The summed E-state index contributed by atoms with van der Waals surface area (Å²) < 4.78 is 5.24. The summed E-state index contributed by atoms with van der Waals surface area (Å²) in [6.45, 7) is 12.2. The zero-order valence-corrected chi connectivity index (χ0v) is 19.9. The Kier molecular flexibility index (Phi) is 8.26. The number of ether oxygens (including phenoxy) is 1. The van der Waals surface area contributed by atoms with Crippen LogP contribution in [-0.2, 0) is 22.6 Å². The first-order valence-corrected chi connectivity index (χ1v) is 10.8. The highest BCUT2D eigenvalue weighted by Crippen LogP contribution is 2.19. The molecule has 5 nitrogen and oxygen atoms in total. The monoisotopic (exact) mass is 424 g/mol. The maximum absolute atomic E-state index is 13.5. The normalized spacial score (nSPS) is 12.2. The van der Waals surface area contributed by atoms with E-state index in [1.165, 1.54) is 0 Å². The minimum absolute atomic E-state index is 0.0586. The lowest BCUT2D eigenvalue weighted by Crippen LogP contribution is -2.53. The van der Waals surface area contributed by atoms with Gasteiger partial charge in [0.15, 0.2) is 0 Å². The van der Waals surface area contributed by atoms with E-state index in [1.54, 1.807) is 12.0 Å². The van der Waals surface area contributed by atoms with E-state index in [0.29, 0.717) is 13.0 Å². The van der Waals surface area contributed by atoms with Gasteiger partial charge in [-0.05, 0) is 64.3 Å². The van der Waals surface area contributed by atoms with Crippen LogP contribution in [0.3, 0.4) is 0 Å². The molecule has 0 unspecified atom stereocenters. The van der Waals surface area contributed by atoms with Crippen LogP contribution in [0.15, 0.2) is 42.5 Å². The third-order valence-corrected chi connectivity index (χ3v) is 5.03. The van der Waals surface area contributed by atoms with Gasteiger partial charge in [0, 0.05) is 12.1 Å². The molecule has 168 valence electrons. The maximum Gasteiger partial charge on any atom is 0.243 e. The lowest BCUT2D eigenvalue weighted by Gasteiger charge is -2.33. The second-order valence-corrected chi connectivity index (χ2v) is 9.21. The van der Waals surface area contributed by atoms with Gasteiger partial charge in [-0.2, -0.15) is 0 Å². The Hall–Kier alpha value is -2.82. The molecule has 2 aromatic carbocycles. The number of nitrogens with zero attached hydrogens (tertiary/aromatic N) is 1. The number of carbonyl (C=O) groups is 2. The lowest BCUT2D eigenvalue weighted by molar-refractivity contribution is -0.141. The van der Waals surface area contributed by atoms with Crippen molar-refractivity contribution in [2.45, 2.75) is 72.5 Å². The van der Waals surface area contributed by atoms with Gasteiger partial charge in [0.1, 0.15) is 11.8 Å². The smallest absolute Gasteiger partial charge is 0.243 e. The van der Waals surface area contributed by atoms with Gasteiger partial charge in [0.05, 0.1) is 13.5 Å². The number of rotatable bonds is 8. The number of aryl methyl sites for hydroxylation is 2. The van der Waals surface area contributed by atoms with E-state index in [9.17, 15) is 9.59 Å². The van der Waals surface area contributed by atoms with Gasteiger partial charge in [0.25, 0.3) is 0 Å². The minimum Gasteiger partial charge on any atom is -0.497 e. The Balaban J connectivity index is 2.34.